The van der Waals surface area contributed by atoms with Crippen molar-refractivity contribution in [1.29, 1.82) is 0 Å². The number of rotatable bonds is 4. The molecule has 0 radical (unpaired) electrons. The zero-order valence-corrected chi connectivity index (χ0v) is 15.0. The first-order valence-corrected chi connectivity index (χ1v) is 8.88. The minimum absolute atomic E-state index is 0.0381. The van der Waals surface area contributed by atoms with E-state index >= 15 is 0 Å². The molecule has 2 aromatic rings. The Kier molecular flexibility index (Phi) is 5.14. The number of hydrogen-bond donors (Lipinski definition) is 1. The van der Waals surface area contributed by atoms with Gasteiger partial charge in [0.1, 0.15) is 0 Å². The lowest BCUT2D eigenvalue weighted by Gasteiger charge is -2.29. The third-order valence-electron chi connectivity index (χ3n) is 4.44. The first-order chi connectivity index (χ1) is 11.5. The zero-order chi connectivity index (χ0) is 17.1. The third-order valence-corrected chi connectivity index (χ3v) is 4.97. The molecular weight excluding hydrogens is 372 g/mol. The molecule has 1 N–H and O–H groups in total. The van der Waals surface area contributed by atoms with Gasteiger partial charge in [0, 0.05) is 27.9 Å². The average molecular weight is 391 g/mol. The van der Waals surface area contributed by atoms with E-state index in [0.29, 0.717) is 23.6 Å². The number of benzene rings is 1. The van der Waals surface area contributed by atoms with Crippen LogP contribution in [-0.4, -0.2) is 16.8 Å². The van der Waals surface area contributed by atoms with Crippen LogP contribution in [0.1, 0.15) is 41.7 Å². The molecule has 1 aliphatic carbocycles. The summed E-state index contributed by atoms with van der Waals surface area (Å²) in [7, 11) is 0. The average Bonchev–Trinajstić information content (AvgIpc) is 3.00. The van der Waals surface area contributed by atoms with Crippen LogP contribution in [-0.2, 0) is 4.79 Å². The fraction of sp³-hybridized carbons (Fsp3) is 0.389. The Hall–Kier alpha value is -1.95. The molecule has 1 aromatic heterocycles. The number of halogens is 1. The van der Waals surface area contributed by atoms with Crippen LogP contribution in [0, 0.1) is 18.8 Å². The van der Waals surface area contributed by atoms with Gasteiger partial charge >= 0.3 is 0 Å². The van der Waals surface area contributed by atoms with E-state index in [-0.39, 0.29) is 23.5 Å². The summed E-state index contributed by atoms with van der Waals surface area (Å²) in [5.41, 5.74) is 1.36. The van der Waals surface area contributed by atoms with Gasteiger partial charge in [0.15, 0.2) is 5.78 Å². The van der Waals surface area contributed by atoms with Gasteiger partial charge in [-0.05, 0) is 31.9 Å². The molecule has 1 saturated carbocycles. The molecule has 3 rings (SSSR count). The Balaban J connectivity index is 1.76. The predicted molar refractivity (Wildman–Crippen MR) is 93.8 cm³/mol. The lowest BCUT2D eigenvalue weighted by atomic mass is 9.75. The van der Waals surface area contributed by atoms with Crippen molar-refractivity contribution in [2.75, 3.05) is 5.32 Å². The Morgan fingerprint density at radius 2 is 1.83 bits per heavy atom. The molecule has 1 aromatic carbocycles. The van der Waals surface area contributed by atoms with Crippen LogP contribution in [0.15, 0.2) is 39.3 Å². The molecule has 24 heavy (non-hydrogen) atoms. The monoisotopic (exact) mass is 390 g/mol. The minimum Gasteiger partial charge on any atom is -0.338 e. The van der Waals surface area contributed by atoms with Gasteiger partial charge in [-0.1, -0.05) is 46.1 Å². The molecule has 5 nitrogen and oxygen atoms in total. The molecule has 2 atom stereocenters. The standard InChI is InChI=1S/C18H19BrN2O3/c1-11-10-16(24-21-11)20-18(23)15-5-3-2-4-14(15)17(22)12-6-8-13(19)9-7-12/h6-10,14-15H,2-5H2,1H3,(H,20,23). The van der Waals surface area contributed by atoms with Gasteiger partial charge < -0.3 is 4.52 Å². The molecular formula is C18H19BrN2O3. The van der Waals surface area contributed by atoms with Crippen LogP contribution in [0.4, 0.5) is 5.88 Å². The highest BCUT2D eigenvalue weighted by molar-refractivity contribution is 9.10. The highest BCUT2D eigenvalue weighted by atomic mass is 79.9. The van der Waals surface area contributed by atoms with Crippen molar-refractivity contribution in [3.05, 3.63) is 46.1 Å². The summed E-state index contributed by atoms with van der Waals surface area (Å²) >= 11 is 3.37. The number of ketones is 1. The fourth-order valence-corrected chi connectivity index (χ4v) is 3.49. The van der Waals surface area contributed by atoms with Crippen molar-refractivity contribution >= 4 is 33.5 Å². The SMILES string of the molecule is Cc1cc(NC(=O)C2CCCCC2C(=O)c2ccc(Br)cc2)on1. The van der Waals surface area contributed by atoms with Crippen molar-refractivity contribution in [1.82, 2.24) is 5.16 Å². The second-order valence-electron chi connectivity index (χ2n) is 6.19. The quantitative estimate of drug-likeness (QED) is 0.786. The second kappa shape index (κ2) is 7.30. The van der Waals surface area contributed by atoms with Crippen LogP contribution in [0.3, 0.4) is 0 Å². The molecule has 126 valence electrons. The largest absolute Gasteiger partial charge is 0.338 e. The third kappa shape index (κ3) is 3.75. The molecule has 0 aliphatic heterocycles. The highest BCUT2D eigenvalue weighted by Gasteiger charge is 2.36. The Labute approximate surface area is 148 Å². The maximum atomic E-state index is 12.9. The number of amides is 1. The lowest BCUT2D eigenvalue weighted by molar-refractivity contribution is -0.122. The van der Waals surface area contributed by atoms with Gasteiger partial charge in [-0.25, -0.2) is 0 Å². The van der Waals surface area contributed by atoms with Gasteiger partial charge in [0.2, 0.25) is 11.8 Å². The number of nitrogens with one attached hydrogen (secondary N) is 1. The number of carbonyl (C=O) groups is 2. The summed E-state index contributed by atoms with van der Waals surface area (Å²) < 4.78 is 5.98. The van der Waals surface area contributed by atoms with E-state index in [4.69, 9.17) is 4.52 Å². The maximum absolute atomic E-state index is 12.9. The summed E-state index contributed by atoms with van der Waals surface area (Å²) in [6.07, 6.45) is 3.38. The van der Waals surface area contributed by atoms with E-state index in [9.17, 15) is 9.59 Å². The van der Waals surface area contributed by atoms with Crippen LogP contribution in [0.2, 0.25) is 0 Å². The topological polar surface area (TPSA) is 72.2 Å². The van der Waals surface area contributed by atoms with E-state index in [1.54, 1.807) is 25.1 Å². The fourth-order valence-electron chi connectivity index (χ4n) is 3.22. The number of hydrogen-bond acceptors (Lipinski definition) is 4. The van der Waals surface area contributed by atoms with E-state index < -0.39 is 0 Å². The lowest BCUT2D eigenvalue weighted by Crippen LogP contribution is -2.36. The van der Waals surface area contributed by atoms with Crippen molar-refractivity contribution in [3.8, 4) is 0 Å². The molecule has 0 saturated heterocycles. The summed E-state index contributed by atoms with van der Waals surface area (Å²) in [5.74, 6) is -0.417. The maximum Gasteiger partial charge on any atom is 0.231 e. The van der Waals surface area contributed by atoms with Crippen LogP contribution in [0.25, 0.3) is 0 Å². The van der Waals surface area contributed by atoms with Crippen molar-refractivity contribution < 1.29 is 14.1 Å². The molecule has 1 aliphatic rings. The number of aryl methyl sites for hydroxylation is 1. The Morgan fingerprint density at radius 1 is 1.17 bits per heavy atom. The first kappa shape index (κ1) is 16.9. The molecule has 1 heterocycles. The molecule has 0 spiro atoms. The van der Waals surface area contributed by atoms with Crippen LogP contribution in [0.5, 0.6) is 0 Å². The van der Waals surface area contributed by atoms with Gasteiger partial charge in [0.05, 0.1) is 5.69 Å². The second-order valence-corrected chi connectivity index (χ2v) is 7.11. The Bertz CT molecular complexity index is 739. The summed E-state index contributed by atoms with van der Waals surface area (Å²) in [6.45, 7) is 1.79. The summed E-state index contributed by atoms with van der Waals surface area (Å²) in [4.78, 5) is 25.5. The highest BCUT2D eigenvalue weighted by Crippen LogP contribution is 2.33. The van der Waals surface area contributed by atoms with Crippen LogP contribution < -0.4 is 5.32 Å². The van der Waals surface area contributed by atoms with Crippen molar-refractivity contribution in [3.63, 3.8) is 0 Å². The Morgan fingerprint density at radius 3 is 2.46 bits per heavy atom. The number of aromatic nitrogens is 1. The van der Waals surface area contributed by atoms with E-state index in [1.807, 2.05) is 12.1 Å². The number of nitrogens with zero attached hydrogens (tertiary/aromatic N) is 1. The molecule has 1 amide bonds. The number of Topliss-reactive ketones (excluding diaryl/α,β-unsaturated/α-hetero) is 1. The van der Waals surface area contributed by atoms with Gasteiger partial charge in [-0.15, -0.1) is 0 Å². The minimum atomic E-state index is -0.333. The van der Waals surface area contributed by atoms with E-state index in [0.717, 1.165) is 23.7 Å². The van der Waals surface area contributed by atoms with Gasteiger partial charge in [-0.3, -0.25) is 14.9 Å². The smallest absolute Gasteiger partial charge is 0.231 e. The number of anilines is 1. The molecule has 1 fully saturated rings. The first-order valence-electron chi connectivity index (χ1n) is 8.08. The summed E-state index contributed by atoms with van der Waals surface area (Å²) in [6, 6.07) is 8.97. The zero-order valence-electron chi connectivity index (χ0n) is 13.4. The van der Waals surface area contributed by atoms with E-state index in [2.05, 4.69) is 26.4 Å². The molecule has 6 heteroatoms. The van der Waals surface area contributed by atoms with Crippen LogP contribution >= 0.6 is 15.9 Å². The van der Waals surface area contributed by atoms with Gasteiger partial charge in [-0.2, -0.15) is 0 Å². The normalized spacial score (nSPS) is 20.6. The van der Waals surface area contributed by atoms with Crippen molar-refractivity contribution in [2.45, 2.75) is 32.6 Å². The predicted octanol–water partition coefficient (Wildman–Crippen LogP) is 4.37. The van der Waals surface area contributed by atoms with Gasteiger partial charge in [0.25, 0.3) is 0 Å². The number of carbonyl (C=O) groups excluding carboxylic acids is 2. The molecule has 0 bridgehead atoms. The van der Waals surface area contributed by atoms with Crippen molar-refractivity contribution in [2.24, 2.45) is 11.8 Å². The molecule has 2 unspecified atom stereocenters. The van der Waals surface area contributed by atoms with E-state index in [1.165, 1.54) is 0 Å². The summed E-state index contributed by atoms with van der Waals surface area (Å²) in [5, 5.41) is 6.51.